The summed E-state index contributed by atoms with van der Waals surface area (Å²) in [5.74, 6) is 0.455. The summed E-state index contributed by atoms with van der Waals surface area (Å²) in [6.07, 6.45) is 9.32. The van der Waals surface area contributed by atoms with Crippen molar-refractivity contribution in [1.29, 1.82) is 0 Å². The number of hydrogen-bond acceptors (Lipinski definition) is 5. The van der Waals surface area contributed by atoms with Crippen molar-refractivity contribution in [2.24, 2.45) is 0 Å². The second-order valence-corrected chi connectivity index (χ2v) is 5.36. The molecule has 2 aromatic rings. The van der Waals surface area contributed by atoms with Crippen LogP contribution in [0.4, 0.5) is 0 Å². The van der Waals surface area contributed by atoms with Gasteiger partial charge in [-0.25, -0.2) is 9.97 Å². The Kier molecular flexibility index (Phi) is 4.39. The molecule has 0 spiro atoms. The first-order valence-electron chi connectivity index (χ1n) is 7.44. The number of hydrogen-bond donors (Lipinski definition) is 1. The number of piperidine rings is 1. The van der Waals surface area contributed by atoms with Crippen LogP contribution < -0.4 is 0 Å². The summed E-state index contributed by atoms with van der Waals surface area (Å²) in [6.45, 7) is 0.678. The smallest absolute Gasteiger partial charge is 0.257 e. The highest BCUT2D eigenvalue weighted by atomic mass is 16.3. The van der Waals surface area contributed by atoms with E-state index >= 15 is 0 Å². The number of nitrogens with zero attached hydrogens (tertiary/aromatic N) is 4. The maximum Gasteiger partial charge on any atom is 0.257 e. The fourth-order valence-corrected chi connectivity index (χ4v) is 2.71. The Morgan fingerprint density at radius 1 is 1.23 bits per heavy atom. The highest BCUT2D eigenvalue weighted by molar-refractivity contribution is 5.94. The third-order valence-electron chi connectivity index (χ3n) is 3.94. The highest BCUT2D eigenvalue weighted by Gasteiger charge is 2.27. The quantitative estimate of drug-likeness (QED) is 0.929. The van der Waals surface area contributed by atoms with Gasteiger partial charge in [-0.3, -0.25) is 9.78 Å². The van der Waals surface area contributed by atoms with E-state index in [0.717, 1.165) is 24.8 Å². The fourth-order valence-electron chi connectivity index (χ4n) is 2.71. The number of carbonyl (C=O) groups excluding carboxylic acids is 1. The Labute approximate surface area is 128 Å². The lowest BCUT2D eigenvalue weighted by molar-refractivity contribution is 0.0502. The van der Waals surface area contributed by atoms with Gasteiger partial charge in [-0.1, -0.05) is 0 Å². The van der Waals surface area contributed by atoms with Crippen LogP contribution in [0.15, 0.2) is 36.9 Å². The van der Waals surface area contributed by atoms with Crippen molar-refractivity contribution >= 4 is 5.91 Å². The largest absolute Gasteiger partial charge is 0.394 e. The molecule has 6 nitrogen and oxygen atoms in total. The van der Waals surface area contributed by atoms with Crippen molar-refractivity contribution in [3.63, 3.8) is 0 Å². The van der Waals surface area contributed by atoms with Gasteiger partial charge in [0.15, 0.2) is 5.82 Å². The lowest BCUT2D eigenvalue weighted by Gasteiger charge is -2.34. The molecular weight excluding hydrogens is 280 g/mol. The van der Waals surface area contributed by atoms with E-state index in [-0.39, 0.29) is 18.6 Å². The number of pyridine rings is 1. The monoisotopic (exact) mass is 298 g/mol. The molecule has 1 N–H and O–H groups in total. The van der Waals surface area contributed by atoms with E-state index < -0.39 is 0 Å². The van der Waals surface area contributed by atoms with Crippen LogP contribution in [0.5, 0.6) is 0 Å². The third-order valence-corrected chi connectivity index (χ3v) is 3.94. The van der Waals surface area contributed by atoms with E-state index in [1.54, 1.807) is 29.7 Å². The Balaban J connectivity index is 1.79. The molecule has 3 heterocycles. The molecule has 1 fully saturated rings. The van der Waals surface area contributed by atoms with Gasteiger partial charge in [0, 0.05) is 36.9 Å². The van der Waals surface area contributed by atoms with Crippen molar-refractivity contribution in [2.75, 3.05) is 13.2 Å². The lowest BCUT2D eigenvalue weighted by atomic mass is 10.0. The summed E-state index contributed by atoms with van der Waals surface area (Å²) >= 11 is 0. The van der Waals surface area contributed by atoms with E-state index in [9.17, 15) is 9.90 Å². The van der Waals surface area contributed by atoms with Crippen molar-refractivity contribution in [3.8, 4) is 11.4 Å². The van der Waals surface area contributed by atoms with Crippen LogP contribution in [0, 0.1) is 0 Å². The fraction of sp³-hybridized carbons (Fsp3) is 0.375. The molecule has 114 valence electrons. The number of aliphatic hydroxyl groups is 1. The van der Waals surface area contributed by atoms with Crippen molar-refractivity contribution < 1.29 is 9.90 Å². The SMILES string of the molecule is O=C(c1cnc(-c2ccncc2)nc1)N1CCCC[C@@H]1CO. The van der Waals surface area contributed by atoms with Crippen LogP contribution in [0.1, 0.15) is 29.6 Å². The first-order chi connectivity index (χ1) is 10.8. The Hall–Kier alpha value is -2.34. The van der Waals surface area contributed by atoms with Crippen molar-refractivity contribution in [1.82, 2.24) is 19.9 Å². The average molecular weight is 298 g/mol. The maximum absolute atomic E-state index is 12.5. The normalized spacial score (nSPS) is 18.2. The van der Waals surface area contributed by atoms with E-state index in [0.29, 0.717) is 17.9 Å². The Morgan fingerprint density at radius 2 is 1.95 bits per heavy atom. The minimum absolute atomic E-state index is 0.00168. The predicted molar refractivity (Wildman–Crippen MR) is 81.0 cm³/mol. The number of rotatable bonds is 3. The summed E-state index contributed by atoms with van der Waals surface area (Å²) < 4.78 is 0. The number of carbonyl (C=O) groups is 1. The molecule has 1 saturated heterocycles. The van der Waals surface area contributed by atoms with Crippen molar-refractivity contribution in [3.05, 3.63) is 42.5 Å². The zero-order valence-electron chi connectivity index (χ0n) is 12.2. The molecule has 6 heteroatoms. The molecule has 1 atom stereocenters. The van der Waals surface area contributed by atoms with E-state index in [1.807, 2.05) is 12.1 Å². The number of aromatic nitrogens is 3. The van der Waals surface area contributed by atoms with Gasteiger partial charge in [0.2, 0.25) is 0 Å². The van der Waals surface area contributed by atoms with Gasteiger partial charge in [-0.05, 0) is 31.4 Å². The minimum atomic E-state index is -0.111. The van der Waals surface area contributed by atoms with Crippen LogP contribution >= 0.6 is 0 Å². The first kappa shape index (κ1) is 14.6. The standard InChI is InChI=1S/C16H18N4O2/c21-11-14-3-1-2-8-20(14)16(22)13-9-18-15(19-10-13)12-4-6-17-7-5-12/h4-7,9-10,14,21H,1-3,8,11H2/t14-/m1/s1. The summed E-state index contributed by atoms with van der Waals surface area (Å²) in [6, 6.07) is 3.55. The zero-order valence-corrected chi connectivity index (χ0v) is 12.2. The molecule has 3 rings (SSSR count). The lowest BCUT2D eigenvalue weighted by Crippen LogP contribution is -2.45. The third kappa shape index (κ3) is 2.96. The molecule has 0 bridgehead atoms. The Morgan fingerprint density at radius 3 is 2.64 bits per heavy atom. The van der Waals surface area contributed by atoms with E-state index in [2.05, 4.69) is 15.0 Å². The van der Waals surface area contributed by atoms with Gasteiger partial charge >= 0.3 is 0 Å². The summed E-state index contributed by atoms with van der Waals surface area (Å²) in [7, 11) is 0. The van der Waals surface area contributed by atoms with E-state index in [4.69, 9.17) is 0 Å². The molecule has 1 aliphatic rings. The molecule has 0 unspecified atom stereocenters. The molecule has 0 aliphatic carbocycles. The number of likely N-dealkylation sites (tertiary alicyclic amines) is 1. The second-order valence-electron chi connectivity index (χ2n) is 5.36. The van der Waals surface area contributed by atoms with Crippen LogP contribution in [0.3, 0.4) is 0 Å². The molecule has 1 amide bonds. The maximum atomic E-state index is 12.5. The van der Waals surface area contributed by atoms with Gasteiger partial charge in [0.25, 0.3) is 5.91 Å². The Bertz CT molecular complexity index is 630. The van der Waals surface area contributed by atoms with Crippen LogP contribution in [0.2, 0.25) is 0 Å². The molecule has 22 heavy (non-hydrogen) atoms. The molecule has 0 saturated carbocycles. The summed E-state index contributed by atoms with van der Waals surface area (Å²) in [5, 5.41) is 9.42. The molecular formula is C16H18N4O2. The van der Waals surface area contributed by atoms with Gasteiger partial charge in [0.05, 0.1) is 18.2 Å². The summed E-state index contributed by atoms with van der Waals surface area (Å²) in [5.41, 5.74) is 1.32. The van der Waals surface area contributed by atoms with Gasteiger partial charge in [-0.15, -0.1) is 0 Å². The topological polar surface area (TPSA) is 79.2 Å². The van der Waals surface area contributed by atoms with E-state index in [1.165, 1.54) is 0 Å². The molecule has 0 radical (unpaired) electrons. The van der Waals surface area contributed by atoms with Crippen LogP contribution in [-0.4, -0.2) is 50.1 Å². The molecule has 2 aromatic heterocycles. The van der Waals surface area contributed by atoms with Gasteiger partial charge in [-0.2, -0.15) is 0 Å². The highest BCUT2D eigenvalue weighted by Crippen LogP contribution is 2.19. The van der Waals surface area contributed by atoms with Crippen LogP contribution in [0.25, 0.3) is 11.4 Å². The number of amides is 1. The molecule has 0 aromatic carbocycles. The second kappa shape index (κ2) is 6.62. The first-order valence-corrected chi connectivity index (χ1v) is 7.44. The number of aliphatic hydroxyl groups excluding tert-OH is 1. The average Bonchev–Trinajstić information content (AvgIpc) is 2.62. The minimum Gasteiger partial charge on any atom is -0.394 e. The van der Waals surface area contributed by atoms with Gasteiger partial charge in [0.1, 0.15) is 0 Å². The predicted octanol–water partition coefficient (Wildman–Crippen LogP) is 1.53. The summed E-state index contributed by atoms with van der Waals surface area (Å²) in [4.78, 5) is 26.8. The van der Waals surface area contributed by atoms with Crippen LogP contribution in [-0.2, 0) is 0 Å². The van der Waals surface area contributed by atoms with Gasteiger partial charge < -0.3 is 10.0 Å². The molecule has 1 aliphatic heterocycles. The van der Waals surface area contributed by atoms with Crippen molar-refractivity contribution in [2.45, 2.75) is 25.3 Å². The zero-order chi connectivity index (χ0) is 15.4.